The minimum absolute atomic E-state index is 0.233. The van der Waals surface area contributed by atoms with E-state index in [4.69, 9.17) is 10.5 Å². The van der Waals surface area contributed by atoms with Crippen molar-refractivity contribution in [2.75, 3.05) is 32.8 Å². The Hall–Kier alpha value is -1.04. The van der Waals surface area contributed by atoms with Crippen LogP contribution in [0.3, 0.4) is 0 Å². The first-order valence-electron chi connectivity index (χ1n) is 5.67. The highest BCUT2D eigenvalue weighted by Gasteiger charge is 2.18. The van der Waals surface area contributed by atoms with Crippen molar-refractivity contribution in [3.05, 3.63) is 35.4 Å². The molecule has 0 aromatic heterocycles. The van der Waals surface area contributed by atoms with E-state index in [9.17, 15) is 8.78 Å². The average Bonchev–Trinajstić information content (AvgIpc) is 2.33. The van der Waals surface area contributed by atoms with Crippen LogP contribution in [0.5, 0.6) is 0 Å². The number of morpholine rings is 1. The standard InChI is InChI=1S/C12H16F2N2O/c13-9-1-2-11(14)10(7-9)12(15)8-16-3-5-17-6-4-16/h1-2,7,12H,3-6,8,15H2. The summed E-state index contributed by atoms with van der Waals surface area (Å²) < 4.78 is 31.7. The van der Waals surface area contributed by atoms with Crippen LogP contribution < -0.4 is 5.73 Å². The summed E-state index contributed by atoms with van der Waals surface area (Å²) in [5.74, 6) is -0.911. The fourth-order valence-electron chi connectivity index (χ4n) is 1.96. The first-order valence-corrected chi connectivity index (χ1v) is 5.67. The predicted octanol–water partition coefficient (Wildman–Crippen LogP) is 1.30. The largest absolute Gasteiger partial charge is 0.379 e. The van der Waals surface area contributed by atoms with Gasteiger partial charge < -0.3 is 10.5 Å². The Morgan fingerprint density at radius 2 is 2.00 bits per heavy atom. The second-order valence-electron chi connectivity index (χ2n) is 4.19. The summed E-state index contributed by atoms with van der Waals surface area (Å²) in [5, 5.41) is 0. The normalized spacial score (nSPS) is 19.2. The highest BCUT2D eigenvalue weighted by Crippen LogP contribution is 2.17. The third-order valence-corrected chi connectivity index (χ3v) is 2.92. The van der Waals surface area contributed by atoms with Crippen LogP contribution in [0.15, 0.2) is 18.2 Å². The van der Waals surface area contributed by atoms with Gasteiger partial charge in [-0.15, -0.1) is 0 Å². The van der Waals surface area contributed by atoms with E-state index in [1.165, 1.54) is 6.07 Å². The molecule has 1 aliphatic rings. The second-order valence-corrected chi connectivity index (χ2v) is 4.19. The van der Waals surface area contributed by atoms with E-state index in [1.807, 2.05) is 0 Å². The van der Waals surface area contributed by atoms with Crippen LogP contribution in [-0.4, -0.2) is 37.7 Å². The Morgan fingerprint density at radius 1 is 1.29 bits per heavy atom. The molecule has 1 fully saturated rings. The van der Waals surface area contributed by atoms with E-state index in [2.05, 4.69) is 4.90 Å². The summed E-state index contributed by atoms with van der Waals surface area (Å²) in [7, 11) is 0. The van der Waals surface area contributed by atoms with Gasteiger partial charge in [-0.1, -0.05) is 0 Å². The number of halogens is 2. The summed E-state index contributed by atoms with van der Waals surface area (Å²) >= 11 is 0. The molecule has 5 heteroatoms. The molecule has 1 aromatic rings. The van der Waals surface area contributed by atoms with Crippen molar-refractivity contribution in [3.8, 4) is 0 Å². The smallest absolute Gasteiger partial charge is 0.128 e. The monoisotopic (exact) mass is 242 g/mol. The van der Waals surface area contributed by atoms with Crippen LogP contribution in [0, 0.1) is 11.6 Å². The fourth-order valence-corrected chi connectivity index (χ4v) is 1.96. The van der Waals surface area contributed by atoms with Crippen LogP contribution in [0.25, 0.3) is 0 Å². The average molecular weight is 242 g/mol. The SMILES string of the molecule is NC(CN1CCOCC1)c1cc(F)ccc1F. The van der Waals surface area contributed by atoms with Gasteiger partial charge in [-0.25, -0.2) is 8.78 Å². The van der Waals surface area contributed by atoms with E-state index in [0.29, 0.717) is 19.8 Å². The third kappa shape index (κ3) is 3.21. The van der Waals surface area contributed by atoms with Crippen molar-refractivity contribution in [3.63, 3.8) is 0 Å². The van der Waals surface area contributed by atoms with Crippen molar-refractivity contribution in [2.24, 2.45) is 5.73 Å². The molecule has 3 nitrogen and oxygen atoms in total. The number of nitrogens with zero attached hydrogens (tertiary/aromatic N) is 1. The number of benzene rings is 1. The van der Waals surface area contributed by atoms with Gasteiger partial charge in [-0.3, -0.25) is 4.90 Å². The number of nitrogens with two attached hydrogens (primary N) is 1. The maximum absolute atomic E-state index is 13.5. The molecule has 1 atom stereocenters. The minimum Gasteiger partial charge on any atom is -0.379 e. The lowest BCUT2D eigenvalue weighted by Crippen LogP contribution is -2.40. The van der Waals surface area contributed by atoms with Gasteiger partial charge in [-0.05, 0) is 18.2 Å². The van der Waals surface area contributed by atoms with Crippen LogP contribution in [0.4, 0.5) is 8.78 Å². The lowest BCUT2D eigenvalue weighted by molar-refractivity contribution is 0.0351. The summed E-state index contributed by atoms with van der Waals surface area (Å²) in [6, 6.07) is 2.87. The zero-order valence-electron chi connectivity index (χ0n) is 9.53. The molecular formula is C12H16F2N2O. The Labute approximate surface area is 99.2 Å². The molecule has 0 bridgehead atoms. The van der Waals surface area contributed by atoms with Crippen LogP contribution in [0.1, 0.15) is 11.6 Å². The predicted molar refractivity (Wildman–Crippen MR) is 60.5 cm³/mol. The highest BCUT2D eigenvalue weighted by atomic mass is 19.1. The van der Waals surface area contributed by atoms with E-state index in [-0.39, 0.29) is 5.56 Å². The molecule has 0 aliphatic carbocycles. The van der Waals surface area contributed by atoms with Crippen LogP contribution in [0.2, 0.25) is 0 Å². The number of hydrogen-bond acceptors (Lipinski definition) is 3. The first-order chi connectivity index (χ1) is 8.16. The molecule has 17 heavy (non-hydrogen) atoms. The van der Waals surface area contributed by atoms with Gasteiger partial charge in [0.1, 0.15) is 11.6 Å². The highest BCUT2D eigenvalue weighted by molar-refractivity contribution is 5.22. The Kier molecular flexibility index (Phi) is 4.04. The molecule has 1 heterocycles. The zero-order valence-corrected chi connectivity index (χ0v) is 9.53. The van der Waals surface area contributed by atoms with Gasteiger partial charge in [0, 0.05) is 31.2 Å². The van der Waals surface area contributed by atoms with E-state index in [0.717, 1.165) is 25.2 Å². The molecule has 0 radical (unpaired) electrons. The second kappa shape index (κ2) is 5.53. The van der Waals surface area contributed by atoms with Gasteiger partial charge in [0.05, 0.1) is 13.2 Å². The summed E-state index contributed by atoms with van der Waals surface area (Å²) in [4.78, 5) is 2.10. The maximum atomic E-state index is 13.5. The molecule has 94 valence electrons. The van der Waals surface area contributed by atoms with Crippen LogP contribution in [-0.2, 0) is 4.74 Å². The first kappa shape index (κ1) is 12.4. The quantitative estimate of drug-likeness (QED) is 0.868. The summed E-state index contributed by atoms with van der Waals surface area (Å²) in [5.41, 5.74) is 6.14. The number of ether oxygens (including phenoxy) is 1. The Bertz CT molecular complexity index is 381. The molecule has 1 aliphatic heterocycles. The van der Waals surface area contributed by atoms with Gasteiger partial charge in [0.2, 0.25) is 0 Å². The molecule has 1 aromatic carbocycles. The molecule has 0 spiro atoms. The van der Waals surface area contributed by atoms with Crippen LogP contribution >= 0.6 is 0 Å². The lowest BCUT2D eigenvalue weighted by atomic mass is 10.1. The van der Waals surface area contributed by atoms with Crippen molar-refractivity contribution < 1.29 is 13.5 Å². The van der Waals surface area contributed by atoms with Crippen molar-refractivity contribution in [2.45, 2.75) is 6.04 Å². The molecule has 0 saturated carbocycles. The van der Waals surface area contributed by atoms with Gasteiger partial charge in [0.25, 0.3) is 0 Å². The van der Waals surface area contributed by atoms with Crippen molar-refractivity contribution in [1.29, 1.82) is 0 Å². The van der Waals surface area contributed by atoms with E-state index in [1.54, 1.807) is 0 Å². The summed E-state index contributed by atoms with van der Waals surface area (Å²) in [6.07, 6.45) is 0. The molecule has 1 unspecified atom stereocenters. The lowest BCUT2D eigenvalue weighted by Gasteiger charge is -2.29. The number of rotatable bonds is 3. The van der Waals surface area contributed by atoms with Gasteiger partial charge in [-0.2, -0.15) is 0 Å². The zero-order chi connectivity index (χ0) is 12.3. The third-order valence-electron chi connectivity index (χ3n) is 2.92. The molecule has 2 N–H and O–H groups in total. The Morgan fingerprint density at radius 3 is 2.71 bits per heavy atom. The fraction of sp³-hybridized carbons (Fsp3) is 0.500. The maximum Gasteiger partial charge on any atom is 0.128 e. The van der Waals surface area contributed by atoms with Crippen molar-refractivity contribution in [1.82, 2.24) is 4.90 Å². The van der Waals surface area contributed by atoms with Crippen molar-refractivity contribution >= 4 is 0 Å². The van der Waals surface area contributed by atoms with E-state index >= 15 is 0 Å². The molecule has 1 saturated heterocycles. The molecular weight excluding hydrogens is 226 g/mol. The topological polar surface area (TPSA) is 38.5 Å². The minimum atomic E-state index is -0.510. The van der Waals surface area contributed by atoms with Gasteiger partial charge in [0.15, 0.2) is 0 Å². The van der Waals surface area contributed by atoms with E-state index < -0.39 is 17.7 Å². The summed E-state index contributed by atoms with van der Waals surface area (Å²) in [6.45, 7) is 3.41. The number of hydrogen-bond donors (Lipinski definition) is 1. The van der Waals surface area contributed by atoms with Gasteiger partial charge >= 0.3 is 0 Å². The molecule has 0 amide bonds. The molecule has 2 rings (SSSR count). The Balaban J connectivity index is 2.02.